The zero-order valence-electron chi connectivity index (χ0n) is 11.8. The molecule has 1 rings (SSSR count). The molecular formula is C14H19N5. The fourth-order valence-electron chi connectivity index (χ4n) is 1.65. The van der Waals surface area contributed by atoms with Gasteiger partial charge in [0, 0.05) is 30.6 Å². The van der Waals surface area contributed by atoms with E-state index >= 15 is 0 Å². The molecule has 5 nitrogen and oxygen atoms in total. The number of allylic oxidation sites excluding steroid dienone is 2. The first kappa shape index (κ1) is 14.8. The van der Waals surface area contributed by atoms with Crippen molar-refractivity contribution in [3.8, 4) is 0 Å². The van der Waals surface area contributed by atoms with Crippen LogP contribution in [0.25, 0.3) is 5.57 Å². The van der Waals surface area contributed by atoms with Crippen molar-refractivity contribution in [3.63, 3.8) is 0 Å². The quantitative estimate of drug-likeness (QED) is 0.838. The van der Waals surface area contributed by atoms with Crippen LogP contribution >= 0.6 is 0 Å². The van der Waals surface area contributed by atoms with Crippen LogP contribution in [0.4, 0.5) is 0 Å². The van der Waals surface area contributed by atoms with Crippen LogP contribution in [0.15, 0.2) is 28.5 Å². The van der Waals surface area contributed by atoms with Gasteiger partial charge < -0.3 is 5.73 Å². The van der Waals surface area contributed by atoms with Crippen LogP contribution in [0, 0.1) is 13.8 Å². The maximum absolute atomic E-state index is 5.45. The van der Waals surface area contributed by atoms with Crippen molar-refractivity contribution in [2.75, 3.05) is 7.05 Å². The highest BCUT2D eigenvalue weighted by atomic mass is 14.9. The largest absolute Gasteiger partial charge is 0.384 e. The minimum absolute atomic E-state index is 0.257. The summed E-state index contributed by atoms with van der Waals surface area (Å²) in [6.45, 7) is 9.25. The SMILES string of the molecule is C=C(N)N=C/C(=C\C)c1nc(C)nc(C)c1C=NC. The maximum atomic E-state index is 5.45. The summed E-state index contributed by atoms with van der Waals surface area (Å²) in [5.74, 6) is 0.965. The number of nitrogens with zero attached hydrogens (tertiary/aromatic N) is 4. The van der Waals surface area contributed by atoms with Gasteiger partial charge in [-0.25, -0.2) is 15.0 Å². The Balaban J connectivity index is 3.42. The summed E-state index contributed by atoms with van der Waals surface area (Å²) in [4.78, 5) is 16.9. The molecule has 2 N–H and O–H groups in total. The fraction of sp³-hybridized carbons (Fsp3) is 0.286. The summed E-state index contributed by atoms with van der Waals surface area (Å²) < 4.78 is 0. The van der Waals surface area contributed by atoms with Crippen LogP contribution in [0.3, 0.4) is 0 Å². The van der Waals surface area contributed by atoms with Crippen LogP contribution in [-0.4, -0.2) is 29.4 Å². The molecule has 0 aliphatic rings. The molecular weight excluding hydrogens is 238 g/mol. The molecule has 0 unspecified atom stereocenters. The van der Waals surface area contributed by atoms with Gasteiger partial charge in [-0.05, 0) is 20.8 Å². The Bertz CT molecular complexity index is 567. The molecule has 1 aromatic rings. The molecule has 0 spiro atoms. The third-order valence-corrected chi connectivity index (χ3v) is 2.46. The Morgan fingerprint density at radius 1 is 1.32 bits per heavy atom. The molecule has 1 aromatic heterocycles. The molecule has 1 heterocycles. The highest BCUT2D eigenvalue weighted by Crippen LogP contribution is 2.17. The lowest BCUT2D eigenvalue weighted by Gasteiger charge is -2.09. The van der Waals surface area contributed by atoms with E-state index < -0.39 is 0 Å². The summed E-state index contributed by atoms with van der Waals surface area (Å²) in [7, 11) is 1.72. The predicted octanol–water partition coefficient (Wildman–Crippen LogP) is 2.05. The highest BCUT2D eigenvalue weighted by Gasteiger charge is 2.11. The van der Waals surface area contributed by atoms with Crippen molar-refractivity contribution in [3.05, 3.63) is 41.3 Å². The standard InChI is InChI=1S/C14H19N5/c1-6-12(7-17-10(3)15)14-13(8-16-5)9(2)18-11(4)19-14/h6-8H,3,15H2,1-2,4-5H3/b12-6+,16-8?,17-7?. The lowest BCUT2D eigenvalue weighted by Crippen LogP contribution is -2.06. The third-order valence-electron chi connectivity index (χ3n) is 2.46. The first-order valence-corrected chi connectivity index (χ1v) is 5.92. The lowest BCUT2D eigenvalue weighted by molar-refractivity contribution is 0.994. The summed E-state index contributed by atoms with van der Waals surface area (Å²) in [6.07, 6.45) is 5.32. The van der Waals surface area contributed by atoms with E-state index in [-0.39, 0.29) is 5.82 Å². The molecule has 0 amide bonds. The van der Waals surface area contributed by atoms with Crippen LogP contribution in [0.5, 0.6) is 0 Å². The highest BCUT2D eigenvalue weighted by molar-refractivity contribution is 6.11. The molecule has 0 saturated carbocycles. The number of aliphatic imine (C=N–C) groups is 2. The van der Waals surface area contributed by atoms with Gasteiger partial charge >= 0.3 is 0 Å². The van der Waals surface area contributed by atoms with Crippen LogP contribution in [0.2, 0.25) is 0 Å². The number of aryl methyl sites for hydroxylation is 2. The van der Waals surface area contributed by atoms with Gasteiger partial charge in [0.1, 0.15) is 11.6 Å². The zero-order chi connectivity index (χ0) is 14.4. The molecule has 0 radical (unpaired) electrons. The van der Waals surface area contributed by atoms with E-state index in [1.807, 2.05) is 26.8 Å². The molecule has 0 bridgehead atoms. The number of nitrogens with two attached hydrogens (primary N) is 1. The summed E-state index contributed by atoms with van der Waals surface area (Å²) in [6, 6.07) is 0. The van der Waals surface area contributed by atoms with Gasteiger partial charge in [-0.1, -0.05) is 12.7 Å². The Labute approximate surface area is 113 Å². The number of hydrogen-bond acceptors (Lipinski definition) is 5. The smallest absolute Gasteiger partial charge is 0.126 e. The van der Waals surface area contributed by atoms with Gasteiger partial charge in [0.25, 0.3) is 0 Å². The van der Waals surface area contributed by atoms with Crippen LogP contribution in [0.1, 0.15) is 29.7 Å². The normalized spacial score (nSPS) is 12.5. The Morgan fingerprint density at radius 2 is 2.00 bits per heavy atom. The molecule has 0 aromatic carbocycles. The van der Waals surface area contributed by atoms with Gasteiger partial charge in [0.15, 0.2) is 0 Å². The van der Waals surface area contributed by atoms with E-state index in [1.165, 1.54) is 0 Å². The Hall–Kier alpha value is -2.30. The first-order valence-electron chi connectivity index (χ1n) is 5.92. The Kier molecular flexibility index (Phi) is 5.11. The summed E-state index contributed by atoms with van der Waals surface area (Å²) in [5.41, 5.74) is 8.87. The van der Waals surface area contributed by atoms with E-state index in [4.69, 9.17) is 5.73 Å². The average molecular weight is 257 g/mol. The number of aromatic nitrogens is 2. The topological polar surface area (TPSA) is 76.5 Å². The number of hydrogen-bond donors (Lipinski definition) is 1. The third kappa shape index (κ3) is 3.84. The van der Waals surface area contributed by atoms with E-state index in [1.54, 1.807) is 19.5 Å². The molecule has 0 saturated heterocycles. The fourth-order valence-corrected chi connectivity index (χ4v) is 1.65. The van der Waals surface area contributed by atoms with E-state index in [0.717, 1.165) is 22.5 Å². The second-order valence-corrected chi connectivity index (χ2v) is 4.00. The minimum atomic E-state index is 0.257. The zero-order valence-corrected chi connectivity index (χ0v) is 11.8. The van der Waals surface area contributed by atoms with Crippen molar-refractivity contribution in [1.29, 1.82) is 0 Å². The average Bonchev–Trinajstić information content (AvgIpc) is 2.33. The van der Waals surface area contributed by atoms with Gasteiger partial charge in [-0.2, -0.15) is 0 Å². The lowest BCUT2D eigenvalue weighted by atomic mass is 10.1. The summed E-state index contributed by atoms with van der Waals surface area (Å²) in [5, 5.41) is 0. The Morgan fingerprint density at radius 3 is 2.53 bits per heavy atom. The minimum Gasteiger partial charge on any atom is -0.384 e. The van der Waals surface area contributed by atoms with Crippen molar-refractivity contribution >= 4 is 18.0 Å². The van der Waals surface area contributed by atoms with E-state index in [2.05, 4.69) is 26.5 Å². The molecule has 5 heteroatoms. The molecule has 100 valence electrons. The second-order valence-electron chi connectivity index (χ2n) is 4.00. The van der Waals surface area contributed by atoms with Gasteiger partial charge in [0.2, 0.25) is 0 Å². The monoisotopic (exact) mass is 257 g/mol. The van der Waals surface area contributed by atoms with E-state index in [9.17, 15) is 0 Å². The van der Waals surface area contributed by atoms with Crippen LogP contribution < -0.4 is 5.73 Å². The van der Waals surface area contributed by atoms with Gasteiger partial charge in [0.05, 0.1) is 11.4 Å². The van der Waals surface area contributed by atoms with Gasteiger partial charge in [-0.15, -0.1) is 0 Å². The van der Waals surface area contributed by atoms with Crippen molar-refractivity contribution < 1.29 is 0 Å². The first-order chi connectivity index (χ1) is 8.99. The molecule has 0 atom stereocenters. The van der Waals surface area contributed by atoms with Crippen molar-refractivity contribution in [2.24, 2.45) is 15.7 Å². The molecule has 19 heavy (non-hydrogen) atoms. The second kappa shape index (κ2) is 6.58. The maximum Gasteiger partial charge on any atom is 0.126 e. The predicted molar refractivity (Wildman–Crippen MR) is 80.5 cm³/mol. The van der Waals surface area contributed by atoms with Crippen molar-refractivity contribution in [1.82, 2.24) is 9.97 Å². The number of rotatable bonds is 4. The molecule has 0 aliphatic heterocycles. The molecule has 0 fully saturated rings. The van der Waals surface area contributed by atoms with Crippen LogP contribution in [-0.2, 0) is 0 Å². The van der Waals surface area contributed by atoms with E-state index in [0.29, 0.717) is 5.82 Å². The van der Waals surface area contributed by atoms with Gasteiger partial charge in [-0.3, -0.25) is 4.99 Å². The molecule has 0 aliphatic carbocycles. The summed E-state index contributed by atoms with van der Waals surface area (Å²) >= 11 is 0. The van der Waals surface area contributed by atoms with Crippen molar-refractivity contribution in [2.45, 2.75) is 20.8 Å².